The maximum Gasteiger partial charge on any atom is 0.277 e. The van der Waals surface area contributed by atoms with Gasteiger partial charge < -0.3 is 0 Å². The minimum atomic E-state index is -4.18. The van der Waals surface area contributed by atoms with Crippen LogP contribution in [-0.4, -0.2) is 17.7 Å². The van der Waals surface area contributed by atoms with E-state index in [4.69, 9.17) is 0 Å². The lowest BCUT2D eigenvalue weighted by molar-refractivity contribution is 0.469. The zero-order chi connectivity index (χ0) is 13.6. The summed E-state index contributed by atoms with van der Waals surface area (Å²) in [6.07, 6.45) is 6.65. The standard InChI is InChI=1S/C14H16O3S/c1-10-6-7-12-9-14(3,18(15,16)17)8-4-5-13(12)11(10)2/h4-9H,1-3H3,(H,15,16,17). The van der Waals surface area contributed by atoms with E-state index in [0.717, 1.165) is 21.6 Å². The third-order valence-electron chi connectivity index (χ3n) is 3.51. The van der Waals surface area contributed by atoms with Crippen LogP contribution in [0.1, 0.15) is 18.1 Å². The summed E-state index contributed by atoms with van der Waals surface area (Å²) in [6.45, 7) is 5.50. The average Bonchev–Trinajstić information content (AvgIpc) is 2.43. The van der Waals surface area contributed by atoms with Crippen LogP contribution in [0.25, 0.3) is 12.2 Å². The molecule has 0 saturated carbocycles. The van der Waals surface area contributed by atoms with Crippen molar-refractivity contribution in [2.75, 3.05) is 0 Å². The number of benzene rings is 1. The summed E-state index contributed by atoms with van der Waals surface area (Å²) in [5.74, 6) is 0. The topological polar surface area (TPSA) is 54.4 Å². The van der Waals surface area contributed by atoms with E-state index in [9.17, 15) is 13.0 Å². The molecule has 1 aliphatic carbocycles. The number of fused-ring (bicyclic) bond motifs is 1. The third-order valence-corrected chi connectivity index (χ3v) is 4.87. The van der Waals surface area contributed by atoms with Crippen molar-refractivity contribution in [3.8, 4) is 0 Å². The fourth-order valence-corrected chi connectivity index (χ4v) is 2.58. The molecule has 3 nitrogen and oxygen atoms in total. The predicted octanol–water partition coefficient (Wildman–Crippen LogP) is 1.08. The zero-order valence-corrected chi connectivity index (χ0v) is 11.5. The second kappa shape index (κ2) is 4.07. The van der Waals surface area contributed by atoms with E-state index in [1.807, 2.05) is 32.1 Å². The molecule has 0 amide bonds. The molecule has 0 radical (unpaired) electrons. The summed E-state index contributed by atoms with van der Waals surface area (Å²) in [7, 11) is -4.18. The van der Waals surface area contributed by atoms with Gasteiger partial charge in [-0.15, -0.1) is 0 Å². The van der Waals surface area contributed by atoms with Crippen molar-refractivity contribution in [1.29, 1.82) is 0 Å². The Morgan fingerprint density at radius 1 is 1.22 bits per heavy atom. The fourth-order valence-electron chi connectivity index (χ4n) is 2.06. The summed E-state index contributed by atoms with van der Waals surface area (Å²) in [6, 6.07) is 3.83. The number of aryl methyl sites for hydroxylation is 1. The molecule has 0 heterocycles. The van der Waals surface area contributed by atoms with Gasteiger partial charge in [-0.3, -0.25) is 4.55 Å². The molecule has 0 bridgehead atoms. The molecule has 0 aliphatic heterocycles. The number of hydrogen-bond donors (Lipinski definition) is 1. The minimum absolute atomic E-state index is 0.822. The van der Waals surface area contributed by atoms with Crippen molar-refractivity contribution in [1.82, 2.24) is 0 Å². The maximum atomic E-state index is 11.5. The van der Waals surface area contributed by atoms with E-state index in [1.165, 1.54) is 13.0 Å². The Hall–Kier alpha value is -1.39. The molecule has 1 unspecified atom stereocenters. The molecular weight excluding hydrogens is 248 g/mol. The summed E-state index contributed by atoms with van der Waals surface area (Å²) < 4.78 is 30.9. The highest BCUT2D eigenvalue weighted by Gasteiger charge is 2.33. The minimum Gasteiger partial charge on any atom is -0.285 e. The number of rotatable bonds is 1. The molecule has 1 aliphatic rings. The number of allylic oxidation sites excluding steroid dienone is 1. The maximum absolute atomic E-state index is 11.5. The average molecular weight is 264 g/mol. The van der Waals surface area contributed by atoms with E-state index in [0.29, 0.717) is 0 Å². The van der Waals surface area contributed by atoms with Gasteiger partial charge in [-0.05, 0) is 48.4 Å². The van der Waals surface area contributed by atoms with Crippen LogP contribution >= 0.6 is 0 Å². The lowest BCUT2D eigenvalue weighted by Crippen LogP contribution is -2.35. The van der Waals surface area contributed by atoms with Gasteiger partial charge in [0.15, 0.2) is 0 Å². The summed E-state index contributed by atoms with van der Waals surface area (Å²) >= 11 is 0. The van der Waals surface area contributed by atoms with Crippen molar-refractivity contribution in [3.05, 3.63) is 45.8 Å². The van der Waals surface area contributed by atoms with Crippen LogP contribution in [0, 0.1) is 13.8 Å². The highest BCUT2D eigenvalue weighted by Crippen LogP contribution is 2.20. The summed E-state index contributed by atoms with van der Waals surface area (Å²) in [5.41, 5.74) is 2.27. The van der Waals surface area contributed by atoms with E-state index >= 15 is 0 Å². The summed E-state index contributed by atoms with van der Waals surface area (Å²) in [4.78, 5) is 0. The van der Waals surface area contributed by atoms with Crippen molar-refractivity contribution >= 4 is 22.3 Å². The Labute approximate surface area is 107 Å². The lowest BCUT2D eigenvalue weighted by Gasteiger charge is -2.17. The Morgan fingerprint density at radius 2 is 1.89 bits per heavy atom. The van der Waals surface area contributed by atoms with E-state index in [1.54, 1.807) is 12.2 Å². The molecule has 1 aromatic carbocycles. The SMILES string of the molecule is Cc1ccc2c(c1C)=CC=CC(C)(S(=O)(=O)O)C=2. The molecule has 1 aromatic rings. The van der Waals surface area contributed by atoms with Crippen LogP contribution in [0.2, 0.25) is 0 Å². The van der Waals surface area contributed by atoms with Gasteiger partial charge in [0, 0.05) is 0 Å². The van der Waals surface area contributed by atoms with Crippen LogP contribution in [-0.2, 0) is 10.1 Å². The largest absolute Gasteiger partial charge is 0.285 e. The molecule has 1 atom stereocenters. The van der Waals surface area contributed by atoms with Crippen molar-refractivity contribution in [2.24, 2.45) is 0 Å². The molecule has 0 fully saturated rings. The quantitative estimate of drug-likeness (QED) is 0.772. The lowest BCUT2D eigenvalue weighted by atomic mass is 10.0. The Kier molecular flexibility index (Phi) is 2.95. The smallest absolute Gasteiger partial charge is 0.277 e. The molecular formula is C14H16O3S. The van der Waals surface area contributed by atoms with Gasteiger partial charge in [-0.25, -0.2) is 0 Å². The van der Waals surface area contributed by atoms with E-state index in [2.05, 4.69) is 0 Å². The molecule has 4 heteroatoms. The van der Waals surface area contributed by atoms with Crippen molar-refractivity contribution in [2.45, 2.75) is 25.5 Å². The van der Waals surface area contributed by atoms with Crippen molar-refractivity contribution < 1.29 is 13.0 Å². The highest BCUT2D eigenvalue weighted by atomic mass is 32.2. The van der Waals surface area contributed by atoms with Gasteiger partial charge in [-0.1, -0.05) is 30.4 Å². The molecule has 1 N–H and O–H groups in total. The first-order chi connectivity index (χ1) is 8.24. The van der Waals surface area contributed by atoms with Crippen LogP contribution in [0.4, 0.5) is 0 Å². The predicted molar refractivity (Wildman–Crippen MR) is 73.2 cm³/mol. The Bertz CT molecular complexity index is 742. The van der Waals surface area contributed by atoms with Gasteiger partial charge >= 0.3 is 0 Å². The van der Waals surface area contributed by atoms with Gasteiger partial charge in [0.05, 0.1) is 0 Å². The monoisotopic (exact) mass is 264 g/mol. The first-order valence-electron chi connectivity index (χ1n) is 5.70. The molecule has 0 aromatic heterocycles. The van der Waals surface area contributed by atoms with Crippen LogP contribution in [0.15, 0.2) is 24.3 Å². The Morgan fingerprint density at radius 3 is 2.50 bits per heavy atom. The second-order valence-electron chi connectivity index (χ2n) is 4.84. The van der Waals surface area contributed by atoms with Gasteiger partial charge in [0.25, 0.3) is 10.1 Å². The highest BCUT2D eigenvalue weighted by molar-refractivity contribution is 7.87. The van der Waals surface area contributed by atoms with Gasteiger partial charge in [0.2, 0.25) is 0 Å². The van der Waals surface area contributed by atoms with Crippen LogP contribution < -0.4 is 10.4 Å². The van der Waals surface area contributed by atoms with Gasteiger partial charge in [-0.2, -0.15) is 8.42 Å². The third kappa shape index (κ3) is 2.02. The van der Waals surface area contributed by atoms with Crippen molar-refractivity contribution in [3.63, 3.8) is 0 Å². The molecule has 0 saturated heterocycles. The van der Waals surface area contributed by atoms with Crippen LogP contribution in [0.5, 0.6) is 0 Å². The first kappa shape index (κ1) is 13.1. The normalized spacial score (nSPS) is 22.7. The molecule has 18 heavy (non-hydrogen) atoms. The van der Waals surface area contributed by atoms with E-state index < -0.39 is 14.9 Å². The number of hydrogen-bond acceptors (Lipinski definition) is 2. The molecule has 96 valence electrons. The molecule has 2 rings (SSSR count). The zero-order valence-electron chi connectivity index (χ0n) is 10.6. The van der Waals surface area contributed by atoms with E-state index in [-0.39, 0.29) is 0 Å². The van der Waals surface area contributed by atoms with Crippen LogP contribution in [0.3, 0.4) is 0 Å². The summed E-state index contributed by atoms with van der Waals surface area (Å²) in [5, 5.41) is 1.82. The molecule has 0 spiro atoms. The fraction of sp³-hybridized carbons (Fsp3) is 0.286. The second-order valence-corrected chi connectivity index (χ2v) is 6.67. The first-order valence-corrected chi connectivity index (χ1v) is 7.14. The van der Waals surface area contributed by atoms with Gasteiger partial charge in [0.1, 0.15) is 4.75 Å². The Balaban J connectivity index is 2.87.